The number of para-hydroxylation sites is 1. The molecule has 0 radical (unpaired) electrons. The summed E-state index contributed by atoms with van der Waals surface area (Å²) in [5.41, 5.74) is 1.88. The number of aryl methyl sites for hydroxylation is 1. The van der Waals surface area contributed by atoms with Crippen molar-refractivity contribution in [3.05, 3.63) is 70.0 Å². The standard InChI is InChI=1S/C22H26N4O5.HI/c1-3-23-22(25-13-21-15(2)19-6-4-5-7-20(19)31-21)24-12-17(27)14-30-18-10-8-16(9-11-18)26(28)29;/h4-11,17,27H,3,12-14H2,1-2H3,(H2,23,24,25);1H. The maximum atomic E-state index is 10.7. The molecule has 9 nitrogen and oxygen atoms in total. The Bertz CT molecular complexity index is 1050. The van der Waals surface area contributed by atoms with Gasteiger partial charge < -0.3 is 24.9 Å². The Morgan fingerprint density at radius 2 is 1.94 bits per heavy atom. The van der Waals surface area contributed by atoms with Crippen molar-refractivity contribution in [2.45, 2.75) is 26.5 Å². The molecule has 0 spiro atoms. The molecular weight excluding hydrogens is 527 g/mol. The maximum Gasteiger partial charge on any atom is 0.269 e. The third-order valence-electron chi connectivity index (χ3n) is 4.66. The van der Waals surface area contributed by atoms with Crippen LogP contribution in [0.3, 0.4) is 0 Å². The number of hydrogen-bond donors (Lipinski definition) is 3. The molecule has 1 atom stereocenters. The molecule has 172 valence electrons. The number of ether oxygens (including phenoxy) is 1. The Kier molecular flexibility index (Phi) is 9.72. The Morgan fingerprint density at radius 1 is 1.22 bits per heavy atom. The number of nitrogens with one attached hydrogen (secondary N) is 2. The largest absolute Gasteiger partial charge is 0.491 e. The molecule has 10 heteroatoms. The smallest absolute Gasteiger partial charge is 0.269 e. The second kappa shape index (κ2) is 12.2. The molecule has 3 rings (SSSR count). The van der Waals surface area contributed by atoms with E-state index in [-0.39, 0.29) is 42.8 Å². The first-order valence-corrected chi connectivity index (χ1v) is 10.0. The third kappa shape index (κ3) is 6.82. The maximum absolute atomic E-state index is 10.7. The first kappa shape index (κ1) is 25.4. The topological polar surface area (TPSA) is 122 Å². The number of nitro groups is 1. The van der Waals surface area contributed by atoms with Gasteiger partial charge in [0.15, 0.2) is 5.96 Å². The van der Waals surface area contributed by atoms with Crippen LogP contribution in [-0.2, 0) is 6.54 Å². The molecule has 0 saturated heterocycles. The number of aliphatic hydroxyl groups excluding tert-OH is 1. The van der Waals surface area contributed by atoms with Crippen molar-refractivity contribution >= 4 is 46.6 Å². The third-order valence-corrected chi connectivity index (χ3v) is 4.66. The summed E-state index contributed by atoms with van der Waals surface area (Å²) in [4.78, 5) is 14.7. The molecular formula is C22H27IN4O5. The number of nitro benzene ring substituents is 1. The van der Waals surface area contributed by atoms with Crippen LogP contribution >= 0.6 is 24.0 Å². The van der Waals surface area contributed by atoms with E-state index in [1.54, 1.807) is 0 Å². The zero-order valence-corrected chi connectivity index (χ0v) is 20.2. The molecule has 3 N–H and O–H groups in total. The van der Waals surface area contributed by atoms with E-state index in [1.807, 2.05) is 38.1 Å². The fourth-order valence-corrected chi connectivity index (χ4v) is 3.00. The van der Waals surface area contributed by atoms with Gasteiger partial charge in [0, 0.05) is 36.2 Å². The lowest BCUT2D eigenvalue weighted by molar-refractivity contribution is -0.384. The van der Waals surface area contributed by atoms with Crippen LogP contribution in [0.4, 0.5) is 5.69 Å². The molecule has 2 aromatic carbocycles. The molecule has 0 aliphatic rings. The van der Waals surface area contributed by atoms with Gasteiger partial charge in [0.25, 0.3) is 5.69 Å². The summed E-state index contributed by atoms with van der Waals surface area (Å²) in [5, 5.41) is 28.2. The highest BCUT2D eigenvalue weighted by Gasteiger charge is 2.11. The van der Waals surface area contributed by atoms with Crippen LogP contribution < -0.4 is 15.4 Å². The van der Waals surface area contributed by atoms with Crippen LogP contribution in [0.1, 0.15) is 18.2 Å². The lowest BCUT2D eigenvalue weighted by Crippen LogP contribution is -2.42. The molecule has 0 aliphatic heterocycles. The SMILES string of the molecule is CCNC(=NCc1oc2ccccc2c1C)NCC(O)COc1ccc([N+](=O)[O-])cc1.I. The van der Waals surface area contributed by atoms with Crippen molar-refractivity contribution in [2.75, 3.05) is 19.7 Å². The minimum absolute atomic E-state index is 0. The van der Waals surface area contributed by atoms with Crippen molar-refractivity contribution in [3.63, 3.8) is 0 Å². The molecule has 0 fully saturated rings. The number of non-ortho nitro benzene ring substituents is 1. The molecule has 32 heavy (non-hydrogen) atoms. The van der Waals surface area contributed by atoms with Crippen LogP contribution in [0, 0.1) is 17.0 Å². The number of furan rings is 1. The second-order valence-electron chi connectivity index (χ2n) is 6.94. The summed E-state index contributed by atoms with van der Waals surface area (Å²) in [6, 6.07) is 13.6. The number of guanidine groups is 1. The zero-order chi connectivity index (χ0) is 22.2. The first-order chi connectivity index (χ1) is 15.0. The number of aliphatic hydroxyl groups is 1. The van der Waals surface area contributed by atoms with Crippen molar-refractivity contribution in [1.82, 2.24) is 10.6 Å². The van der Waals surface area contributed by atoms with E-state index in [4.69, 9.17) is 9.15 Å². The Hall–Kier alpha value is -2.86. The highest BCUT2D eigenvalue weighted by molar-refractivity contribution is 14.0. The summed E-state index contributed by atoms with van der Waals surface area (Å²) in [6.07, 6.45) is -0.799. The second-order valence-corrected chi connectivity index (χ2v) is 6.94. The fourth-order valence-electron chi connectivity index (χ4n) is 3.00. The first-order valence-electron chi connectivity index (χ1n) is 10.0. The Morgan fingerprint density at radius 3 is 2.59 bits per heavy atom. The van der Waals surface area contributed by atoms with Gasteiger partial charge in [-0.05, 0) is 32.0 Å². The van der Waals surface area contributed by atoms with E-state index >= 15 is 0 Å². The van der Waals surface area contributed by atoms with Gasteiger partial charge in [-0.15, -0.1) is 24.0 Å². The number of halogens is 1. The van der Waals surface area contributed by atoms with Gasteiger partial charge in [0.1, 0.15) is 36.3 Å². The normalized spacial score (nSPS) is 12.2. The van der Waals surface area contributed by atoms with Gasteiger partial charge in [-0.2, -0.15) is 0 Å². The molecule has 0 saturated carbocycles. The molecule has 0 aliphatic carbocycles. The van der Waals surface area contributed by atoms with E-state index in [0.717, 1.165) is 22.3 Å². The zero-order valence-electron chi connectivity index (χ0n) is 17.9. The summed E-state index contributed by atoms with van der Waals surface area (Å²) in [5.74, 6) is 1.79. The number of aliphatic imine (C=N–C) groups is 1. The molecule has 1 aromatic heterocycles. The minimum atomic E-state index is -0.799. The Labute approximate surface area is 203 Å². The van der Waals surface area contributed by atoms with Crippen LogP contribution in [0.15, 0.2) is 57.9 Å². The van der Waals surface area contributed by atoms with Crippen LogP contribution in [0.2, 0.25) is 0 Å². The monoisotopic (exact) mass is 554 g/mol. The number of nitrogens with zero attached hydrogens (tertiary/aromatic N) is 2. The van der Waals surface area contributed by atoms with Gasteiger partial charge in [-0.25, -0.2) is 4.99 Å². The van der Waals surface area contributed by atoms with Crippen LogP contribution in [0.25, 0.3) is 11.0 Å². The number of hydrogen-bond acceptors (Lipinski definition) is 6. The summed E-state index contributed by atoms with van der Waals surface area (Å²) >= 11 is 0. The lowest BCUT2D eigenvalue weighted by atomic mass is 10.1. The molecule has 0 bridgehead atoms. The van der Waals surface area contributed by atoms with Gasteiger partial charge in [-0.3, -0.25) is 10.1 Å². The molecule has 1 unspecified atom stereocenters. The molecule has 3 aromatic rings. The van der Waals surface area contributed by atoms with Crippen LogP contribution in [0.5, 0.6) is 5.75 Å². The minimum Gasteiger partial charge on any atom is -0.491 e. The number of rotatable bonds is 9. The predicted octanol–water partition coefficient (Wildman–Crippen LogP) is 3.76. The van der Waals surface area contributed by atoms with E-state index in [0.29, 0.717) is 24.8 Å². The van der Waals surface area contributed by atoms with E-state index < -0.39 is 11.0 Å². The summed E-state index contributed by atoms with van der Waals surface area (Å²) in [6.45, 7) is 5.25. The summed E-state index contributed by atoms with van der Waals surface area (Å²) < 4.78 is 11.4. The van der Waals surface area contributed by atoms with E-state index in [9.17, 15) is 15.2 Å². The molecule has 0 amide bonds. The van der Waals surface area contributed by atoms with Crippen LogP contribution in [-0.4, -0.2) is 41.8 Å². The number of benzene rings is 2. The van der Waals surface area contributed by atoms with E-state index in [1.165, 1.54) is 24.3 Å². The van der Waals surface area contributed by atoms with Gasteiger partial charge in [0.05, 0.1) is 4.92 Å². The highest BCUT2D eigenvalue weighted by Crippen LogP contribution is 2.25. The Balaban J connectivity index is 0.00000363. The fraction of sp³-hybridized carbons (Fsp3) is 0.318. The predicted molar refractivity (Wildman–Crippen MR) is 134 cm³/mol. The van der Waals surface area contributed by atoms with Crippen molar-refractivity contribution in [1.29, 1.82) is 0 Å². The number of fused-ring (bicyclic) bond motifs is 1. The average molecular weight is 554 g/mol. The summed E-state index contributed by atoms with van der Waals surface area (Å²) in [7, 11) is 0. The van der Waals surface area contributed by atoms with Gasteiger partial charge in [0.2, 0.25) is 0 Å². The van der Waals surface area contributed by atoms with E-state index in [2.05, 4.69) is 15.6 Å². The van der Waals surface area contributed by atoms with Gasteiger partial charge in [-0.1, -0.05) is 18.2 Å². The van der Waals surface area contributed by atoms with Crippen molar-refractivity contribution in [2.24, 2.45) is 4.99 Å². The van der Waals surface area contributed by atoms with Gasteiger partial charge >= 0.3 is 0 Å². The molecule has 1 heterocycles. The average Bonchev–Trinajstić information content (AvgIpc) is 3.10. The van der Waals surface area contributed by atoms with Crippen molar-refractivity contribution in [3.8, 4) is 5.75 Å². The highest BCUT2D eigenvalue weighted by atomic mass is 127. The van der Waals surface area contributed by atoms with Crippen molar-refractivity contribution < 1.29 is 19.2 Å². The lowest BCUT2D eigenvalue weighted by Gasteiger charge is -2.16. The quantitative estimate of drug-likeness (QED) is 0.121.